The maximum atomic E-state index is 5.77. The van der Waals surface area contributed by atoms with E-state index < -0.39 is 0 Å². The number of ether oxygens (including phenoxy) is 1. The Kier molecular flexibility index (Phi) is 9.61. The van der Waals surface area contributed by atoms with E-state index in [1.807, 2.05) is 18.3 Å². The largest absolute Gasteiger partial charge is 0.488 e. The standard InChI is InChI=1S/C20H35N2O/c1-5-6-7-8-9-10-15-21-18-19-11-13-20(14-12-19)23-17-16-22(2,3)4/h11-14,18H,5-10,15-17H2,1-4H3/q+1. The molecule has 3 heteroatoms. The van der Waals surface area contributed by atoms with Gasteiger partial charge in [0, 0.05) is 12.8 Å². The van der Waals surface area contributed by atoms with Crippen molar-refractivity contribution in [2.24, 2.45) is 4.99 Å². The van der Waals surface area contributed by atoms with Gasteiger partial charge in [-0.3, -0.25) is 4.99 Å². The minimum absolute atomic E-state index is 0.745. The Balaban J connectivity index is 2.19. The number of quaternary nitrogens is 1. The summed E-state index contributed by atoms with van der Waals surface area (Å²) < 4.78 is 6.69. The summed E-state index contributed by atoms with van der Waals surface area (Å²) in [4.78, 5) is 4.52. The summed E-state index contributed by atoms with van der Waals surface area (Å²) in [5.41, 5.74) is 1.15. The number of aliphatic imine (C=N–C) groups is 1. The Morgan fingerprint density at radius 2 is 1.61 bits per heavy atom. The molecule has 0 N–H and O–H groups in total. The van der Waals surface area contributed by atoms with Gasteiger partial charge in [-0.15, -0.1) is 0 Å². The van der Waals surface area contributed by atoms with Crippen molar-refractivity contribution in [1.82, 2.24) is 0 Å². The quantitative estimate of drug-likeness (QED) is 0.315. The predicted octanol–water partition coefficient (Wildman–Crippen LogP) is 4.55. The molecule has 0 unspecified atom stereocenters. The second kappa shape index (κ2) is 11.2. The smallest absolute Gasteiger partial charge is 0.137 e. The van der Waals surface area contributed by atoms with Crippen LogP contribution in [0.15, 0.2) is 29.3 Å². The van der Waals surface area contributed by atoms with Crippen LogP contribution in [-0.2, 0) is 0 Å². The zero-order valence-electron chi connectivity index (χ0n) is 15.6. The van der Waals surface area contributed by atoms with Crippen LogP contribution in [0.4, 0.5) is 0 Å². The summed E-state index contributed by atoms with van der Waals surface area (Å²) in [5.74, 6) is 0.937. The number of likely N-dealkylation sites (N-methyl/N-ethyl adjacent to an activating group) is 1. The summed E-state index contributed by atoms with van der Waals surface area (Å²) in [6.45, 7) is 4.94. The fourth-order valence-corrected chi connectivity index (χ4v) is 2.24. The van der Waals surface area contributed by atoms with Crippen LogP contribution in [0.2, 0.25) is 0 Å². The van der Waals surface area contributed by atoms with Crippen LogP contribution >= 0.6 is 0 Å². The fraction of sp³-hybridized carbons (Fsp3) is 0.650. The van der Waals surface area contributed by atoms with E-state index in [0.29, 0.717) is 0 Å². The van der Waals surface area contributed by atoms with E-state index in [9.17, 15) is 0 Å². The van der Waals surface area contributed by atoms with Gasteiger partial charge in [-0.1, -0.05) is 39.0 Å². The molecule has 0 aliphatic carbocycles. The third-order valence-corrected chi connectivity index (χ3v) is 3.79. The highest BCUT2D eigenvalue weighted by Crippen LogP contribution is 2.11. The van der Waals surface area contributed by atoms with Gasteiger partial charge >= 0.3 is 0 Å². The average molecular weight is 320 g/mol. The molecule has 0 atom stereocenters. The molecule has 0 aromatic heterocycles. The molecule has 3 nitrogen and oxygen atoms in total. The predicted molar refractivity (Wildman–Crippen MR) is 101 cm³/mol. The van der Waals surface area contributed by atoms with Crippen LogP contribution in [0.1, 0.15) is 51.0 Å². The topological polar surface area (TPSA) is 21.6 Å². The molecular formula is C20H35N2O+. The number of hydrogen-bond donors (Lipinski definition) is 0. The third kappa shape index (κ3) is 10.9. The molecule has 0 saturated heterocycles. The van der Waals surface area contributed by atoms with Crippen molar-refractivity contribution < 1.29 is 9.22 Å². The van der Waals surface area contributed by atoms with E-state index in [1.165, 1.54) is 38.5 Å². The highest BCUT2D eigenvalue weighted by Gasteiger charge is 2.06. The van der Waals surface area contributed by atoms with Crippen molar-refractivity contribution in [3.63, 3.8) is 0 Å². The number of nitrogens with zero attached hydrogens (tertiary/aromatic N) is 2. The van der Waals surface area contributed by atoms with Gasteiger partial charge in [0.1, 0.15) is 18.9 Å². The molecule has 0 radical (unpaired) electrons. The number of benzene rings is 1. The van der Waals surface area contributed by atoms with Gasteiger partial charge in [0.2, 0.25) is 0 Å². The van der Waals surface area contributed by atoms with Gasteiger partial charge in [0.05, 0.1) is 21.1 Å². The van der Waals surface area contributed by atoms with E-state index in [2.05, 4.69) is 45.2 Å². The van der Waals surface area contributed by atoms with Crippen molar-refractivity contribution in [2.45, 2.75) is 45.4 Å². The molecule has 0 fully saturated rings. The molecule has 0 spiro atoms. The summed E-state index contributed by atoms with van der Waals surface area (Å²) in [7, 11) is 6.52. The first kappa shape index (κ1) is 19.7. The molecule has 0 aliphatic heterocycles. The molecule has 0 heterocycles. The number of unbranched alkanes of at least 4 members (excludes halogenated alkanes) is 5. The zero-order valence-corrected chi connectivity index (χ0v) is 15.6. The maximum absolute atomic E-state index is 5.77. The third-order valence-electron chi connectivity index (χ3n) is 3.79. The Morgan fingerprint density at radius 3 is 2.26 bits per heavy atom. The van der Waals surface area contributed by atoms with Crippen molar-refractivity contribution in [2.75, 3.05) is 40.8 Å². The molecule has 0 aliphatic rings. The van der Waals surface area contributed by atoms with Crippen molar-refractivity contribution in [3.05, 3.63) is 29.8 Å². The van der Waals surface area contributed by atoms with Crippen molar-refractivity contribution in [1.29, 1.82) is 0 Å². The Labute approximate surface area is 143 Å². The van der Waals surface area contributed by atoms with Crippen LogP contribution in [0.25, 0.3) is 0 Å². The Morgan fingerprint density at radius 1 is 0.957 bits per heavy atom. The lowest BCUT2D eigenvalue weighted by molar-refractivity contribution is -0.870. The van der Waals surface area contributed by atoms with E-state index in [1.54, 1.807) is 0 Å². The molecule has 0 saturated carbocycles. The normalized spacial score (nSPS) is 12.0. The molecule has 130 valence electrons. The van der Waals surface area contributed by atoms with Gasteiger partial charge in [0.15, 0.2) is 0 Å². The second-order valence-corrected chi connectivity index (χ2v) is 7.23. The first-order chi connectivity index (χ1) is 11.0. The van der Waals surface area contributed by atoms with Crippen molar-refractivity contribution >= 4 is 6.21 Å². The Hall–Kier alpha value is -1.35. The van der Waals surface area contributed by atoms with E-state index >= 15 is 0 Å². The molecule has 0 bridgehead atoms. The Bertz CT molecular complexity index is 432. The molecule has 1 aromatic rings. The van der Waals surface area contributed by atoms with E-state index in [-0.39, 0.29) is 0 Å². The summed E-state index contributed by atoms with van der Waals surface area (Å²) in [6, 6.07) is 8.21. The van der Waals surface area contributed by atoms with Gasteiger partial charge in [-0.05, 0) is 36.2 Å². The highest BCUT2D eigenvalue weighted by atomic mass is 16.5. The number of hydrogen-bond acceptors (Lipinski definition) is 2. The lowest BCUT2D eigenvalue weighted by Gasteiger charge is -2.23. The van der Waals surface area contributed by atoms with Crippen LogP contribution in [-0.4, -0.2) is 51.5 Å². The molecule has 23 heavy (non-hydrogen) atoms. The van der Waals surface area contributed by atoms with Crippen LogP contribution in [0, 0.1) is 0 Å². The molecule has 1 rings (SSSR count). The van der Waals surface area contributed by atoms with Crippen LogP contribution in [0.5, 0.6) is 5.75 Å². The minimum Gasteiger partial charge on any atom is -0.488 e. The zero-order chi connectivity index (χ0) is 17.0. The van der Waals surface area contributed by atoms with E-state index in [0.717, 1.165) is 35.5 Å². The van der Waals surface area contributed by atoms with Crippen LogP contribution < -0.4 is 4.74 Å². The van der Waals surface area contributed by atoms with Gasteiger partial charge in [0.25, 0.3) is 0 Å². The minimum atomic E-state index is 0.745. The monoisotopic (exact) mass is 319 g/mol. The lowest BCUT2D eigenvalue weighted by Crippen LogP contribution is -2.38. The van der Waals surface area contributed by atoms with E-state index in [4.69, 9.17) is 4.74 Å². The maximum Gasteiger partial charge on any atom is 0.137 e. The fourth-order valence-electron chi connectivity index (χ4n) is 2.24. The second-order valence-electron chi connectivity index (χ2n) is 7.23. The first-order valence-corrected chi connectivity index (χ1v) is 9.04. The summed E-state index contributed by atoms with van der Waals surface area (Å²) in [6.07, 6.45) is 9.88. The first-order valence-electron chi connectivity index (χ1n) is 9.04. The van der Waals surface area contributed by atoms with Gasteiger partial charge < -0.3 is 9.22 Å². The average Bonchev–Trinajstić information content (AvgIpc) is 2.50. The summed E-state index contributed by atoms with van der Waals surface area (Å²) in [5, 5.41) is 0. The molecular weight excluding hydrogens is 284 g/mol. The SMILES string of the molecule is CCCCCCCCN=Cc1ccc(OCC[N+](C)(C)C)cc1. The lowest BCUT2D eigenvalue weighted by atomic mass is 10.1. The molecule has 0 amide bonds. The highest BCUT2D eigenvalue weighted by molar-refractivity contribution is 5.79. The van der Waals surface area contributed by atoms with Crippen molar-refractivity contribution in [3.8, 4) is 5.75 Å². The number of rotatable bonds is 12. The van der Waals surface area contributed by atoms with Crippen LogP contribution in [0.3, 0.4) is 0 Å². The van der Waals surface area contributed by atoms with Gasteiger partial charge in [-0.2, -0.15) is 0 Å². The summed E-state index contributed by atoms with van der Waals surface area (Å²) >= 11 is 0. The molecule has 1 aromatic carbocycles. The van der Waals surface area contributed by atoms with Gasteiger partial charge in [-0.25, -0.2) is 0 Å².